The summed E-state index contributed by atoms with van der Waals surface area (Å²) in [6.07, 6.45) is 2.01. The Labute approximate surface area is 121 Å². The molecule has 20 heavy (non-hydrogen) atoms. The molecule has 0 aromatic heterocycles. The van der Waals surface area contributed by atoms with Crippen LogP contribution in [0.25, 0.3) is 0 Å². The third kappa shape index (κ3) is 2.26. The van der Waals surface area contributed by atoms with Gasteiger partial charge in [0, 0.05) is 23.9 Å². The number of amides is 1. The van der Waals surface area contributed by atoms with E-state index >= 15 is 0 Å². The lowest BCUT2D eigenvalue weighted by Gasteiger charge is -2.55. The molecule has 0 bridgehead atoms. The highest BCUT2D eigenvalue weighted by Crippen LogP contribution is 2.49. The molecule has 2 fully saturated rings. The first kappa shape index (κ1) is 15.7. The zero-order chi connectivity index (χ0) is 15.4. The molecule has 2 saturated heterocycles. The molecule has 2 aliphatic heterocycles. The summed E-state index contributed by atoms with van der Waals surface area (Å²) < 4.78 is 6.26. The number of ether oxygens (including phenoxy) is 1. The van der Waals surface area contributed by atoms with E-state index in [1.807, 2.05) is 18.9 Å². The van der Waals surface area contributed by atoms with Crippen LogP contribution in [0.15, 0.2) is 0 Å². The van der Waals surface area contributed by atoms with Crippen molar-refractivity contribution >= 4 is 5.91 Å². The number of carbonyl (C=O) groups is 1. The predicted octanol–water partition coefficient (Wildman–Crippen LogP) is 2.21. The highest BCUT2D eigenvalue weighted by molar-refractivity contribution is 5.88. The Hall–Kier alpha value is -0.650. The number of nitrogens with zero attached hydrogens (tertiary/aromatic N) is 1. The van der Waals surface area contributed by atoms with Crippen molar-refractivity contribution in [3.63, 3.8) is 0 Å². The van der Waals surface area contributed by atoms with E-state index in [9.17, 15) is 4.79 Å². The minimum atomic E-state index is -0.757. The molecule has 1 amide bonds. The molecule has 0 aromatic rings. The highest BCUT2D eigenvalue weighted by Gasteiger charge is 2.62. The molecule has 2 heterocycles. The Morgan fingerprint density at radius 1 is 1.20 bits per heavy atom. The Bertz CT molecular complexity index is 401. The minimum Gasteiger partial charge on any atom is -0.340 e. The molecule has 0 aliphatic carbocycles. The standard InChI is InChI=1S/C15H28N2O3/c1-8-14(6)16-11(18)15(20-14)9-12(2,3)17(19-7)13(4,5)10-15/h8-10H2,1-7H3,(H,16,18). The van der Waals surface area contributed by atoms with Gasteiger partial charge < -0.3 is 14.9 Å². The molecular weight excluding hydrogens is 256 g/mol. The largest absolute Gasteiger partial charge is 0.340 e. The summed E-state index contributed by atoms with van der Waals surface area (Å²) in [6, 6.07) is 0. The molecule has 5 nitrogen and oxygen atoms in total. The second-order valence-corrected chi connectivity index (χ2v) is 7.59. The van der Waals surface area contributed by atoms with Gasteiger partial charge >= 0.3 is 0 Å². The van der Waals surface area contributed by atoms with Gasteiger partial charge in [-0.15, -0.1) is 0 Å². The quantitative estimate of drug-likeness (QED) is 0.844. The summed E-state index contributed by atoms with van der Waals surface area (Å²) >= 11 is 0. The SMILES string of the molecule is CCC1(C)NC(=O)C2(CC(C)(C)N(OC)C(C)(C)C2)O1. The van der Waals surface area contributed by atoms with Crippen molar-refractivity contribution < 1.29 is 14.4 Å². The van der Waals surface area contributed by atoms with Crippen LogP contribution in [0.4, 0.5) is 0 Å². The van der Waals surface area contributed by atoms with Crippen LogP contribution >= 0.6 is 0 Å². The van der Waals surface area contributed by atoms with Gasteiger partial charge in [-0.3, -0.25) is 4.79 Å². The van der Waals surface area contributed by atoms with Gasteiger partial charge in [0.2, 0.25) is 0 Å². The molecule has 1 atom stereocenters. The fourth-order valence-electron chi connectivity index (χ4n) is 4.17. The number of hydrogen-bond acceptors (Lipinski definition) is 4. The second kappa shape index (κ2) is 4.42. The van der Waals surface area contributed by atoms with Gasteiger partial charge in [0.1, 0.15) is 5.72 Å². The van der Waals surface area contributed by atoms with E-state index in [0.717, 1.165) is 6.42 Å². The lowest BCUT2D eigenvalue weighted by atomic mass is 9.72. The van der Waals surface area contributed by atoms with Crippen molar-refractivity contribution in [1.82, 2.24) is 10.4 Å². The first-order valence-electron chi connectivity index (χ1n) is 7.38. The van der Waals surface area contributed by atoms with Gasteiger partial charge in [0.25, 0.3) is 5.91 Å². The van der Waals surface area contributed by atoms with Crippen LogP contribution < -0.4 is 5.32 Å². The topological polar surface area (TPSA) is 50.8 Å². The monoisotopic (exact) mass is 284 g/mol. The molecular formula is C15H28N2O3. The Balaban J connectivity index is 2.39. The molecule has 116 valence electrons. The summed E-state index contributed by atoms with van der Waals surface area (Å²) in [5.74, 6) is 0.0127. The third-order valence-corrected chi connectivity index (χ3v) is 4.61. The minimum absolute atomic E-state index is 0.0127. The number of carbonyl (C=O) groups excluding carboxylic acids is 1. The zero-order valence-electron chi connectivity index (χ0n) is 13.8. The molecule has 1 N–H and O–H groups in total. The van der Waals surface area contributed by atoms with E-state index in [-0.39, 0.29) is 17.0 Å². The average Bonchev–Trinajstić information content (AvgIpc) is 2.47. The lowest BCUT2D eigenvalue weighted by Crippen LogP contribution is -2.66. The molecule has 2 aliphatic rings. The lowest BCUT2D eigenvalue weighted by molar-refractivity contribution is -0.295. The molecule has 2 rings (SSSR count). The van der Waals surface area contributed by atoms with E-state index in [2.05, 4.69) is 33.0 Å². The maximum absolute atomic E-state index is 12.6. The fourth-order valence-corrected chi connectivity index (χ4v) is 4.17. The summed E-state index contributed by atoms with van der Waals surface area (Å²) in [4.78, 5) is 18.2. The van der Waals surface area contributed by atoms with Crippen molar-refractivity contribution in [2.45, 2.75) is 83.2 Å². The number of nitrogens with one attached hydrogen (secondary N) is 1. The maximum atomic E-state index is 12.6. The van der Waals surface area contributed by atoms with Gasteiger partial charge in [0.05, 0.1) is 7.11 Å². The van der Waals surface area contributed by atoms with Crippen LogP contribution in [-0.2, 0) is 14.4 Å². The Kier molecular flexibility index (Phi) is 3.48. The van der Waals surface area contributed by atoms with Gasteiger partial charge in [0.15, 0.2) is 5.60 Å². The molecule has 5 heteroatoms. The number of piperidine rings is 1. The molecule has 1 spiro atoms. The van der Waals surface area contributed by atoms with Crippen LogP contribution in [0.3, 0.4) is 0 Å². The summed E-state index contributed by atoms with van der Waals surface area (Å²) in [7, 11) is 1.69. The fraction of sp³-hybridized carbons (Fsp3) is 0.933. The van der Waals surface area contributed by atoms with E-state index in [0.29, 0.717) is 12.8 Å². The average molecular weight is 284 g/mol. The van der Waals surface area contributed by atoms with E-state index in [1.165, 1.54) is 0 Å². The normalized spacial score (nSPS) is 35.2. The van der Waals surface area contributed by atoms with Gasteiger partial charge in [-0.05, 0) is 41.0 Å². The van der Waals surface area contributed by atoms with Crippen LogP contribution in [0.5, 0.6) is 0 Å². The van der Waals surface area contributed by atoms with Gasteiger partial charge in [-0.2, -0.15) is 5.06 Å². The van der Waals surface area contributed by atoms with Crippen LogP contribution in [0, 0.1) is 0 Å². The van der Waals surface area contributed by atoms with Gasteiger partial charge in [-0.1, -0.05) is 6.92 Å². The van der Waals surface area contributed by atoms with Crippen LogP contribution in [0.2, 0.25) is 0 Å². The maximum Gasteiger partial charge on any atom is 0.254 e. The van der Waals surface area contributed by atoms with Crippen LogP contribution in [-0.4, -0.2) is 40.5 Å². The Morgan fingerprint density at radius 2 is 1.70 bits per heavy atom. The number of hydrogen-bond donors (Lipinski definition) is 1. The molecule has 0 saturated carbocycles. The predicted molar refractivity (Wildman–Crippen MR) is 76.9 cm³/mol. The second-order valence-electron chi connectivity index (χ2n) is 7.59. The van der Waals surface area contributed by atoms with Crippen molar-refractivity contribution in [2.75, 3.05) is 7.11 Å². The zero-order valence-corrected chi connectivity index (χ0v) is 13.8. The van der Waals surface area contributed by atoms with Crippen molar-refractivity contribution in [3.8, 4) is 0 Å². The molecule has 0 aromatic carbocycles. The third-order valence-electron chi connectivity index (χ3n) is 4.61. The number of rotatable bonds is 2. The van der Waals surface area contributed by atoms with Crippen molar-refractivity contribution in [1.29, 1.82) is 0 Å². The molecule has 1 unspecified atom stereocenters. The number of hydroxylamine groups is 2. The van der Waals surface area contributed by atoms with Gasteiger partial charge in [-0.25, -0.2) is 0 Å². The van der Waals surface area contributed by atoms with Crippen molar-refractivity contribution in [2.24, 2.45) is 0 Å². The molecule has 0 radical (unpaired) electrons. The summed E-state index contributed by atoms with van der Waals surface area (Å²) in [5.41, 5.74) is -1.86. The van der Waals surface area contributed by atoms with E-state index in [4.69, 9.17) is 9.57 Å². The summed E-state index contributed by atoms with van der Waals surface area (Å²) in [5, 5.41) is 5.02. The first-order chi connectivity index (χ1) is 9.00. The Morgan fingerprint density at radius 3 is 2.05 bits per heavy atom. The van der Waals surface area contributed by atoms with Crippen molar-refractivity contribution in [3.05, 3.63) is 0 Å². The van der Waals surface area contributed by atoms with E-state index < -0.39 is 11.3 Å². The van der Waals surface area contributed by atoms with Crippen LogP contribution in [0.1, 0.15) is 60.8 Å². The summed E-state index contributed by atoms with van der Waals surface area (Å²) in [6.45, 7) is 12.4. The van der Waals surface area contributed by atoms with E-state index in [1.54, 1.807) is 7.11 Å². The smallest absolute Gasteiger partial charge is 0.254 e. The first-order valence-corrected chi connectivity index (χ1v) is 7.38. The highest BCUT2D eigenvalue weighted by atomic mass is 16.7.